The van der Waals surface area contributed by atoms with Gasteiger partial charge in [0.2, 0.25) is 11.8 Å². The summed E-state index contributed by atoms with van der Waals surface area (Å²) in [6.07, 6.45) is 1.83. The number of benzene rings is 1. The molecule has 1 aromatic carbocycles. The topological polar surface area (TPSA) is 65.5 Å². The lowest BCUT2D eigenvalue weighted by molar-refractivity contribution is -0.122. The molecule has 1 aromatic heterocycles. The first-order valence-electron chi connectivity index (χ1n) is 7.94. The number of halogens is 1. The second kappa shape index (κ2) is 7.23. The molecule has 0 saturated carbocycles. The van der Waals surface area contributed by atoms with Crippen LogP contribution in [0.15, 0.2) is 47.1 Å². The monoisotopic (exact) mass is 402 g/mol. The molecule has 1 fully saturated rings. The number of rotatable bonds is 4. The maximum Gasteiger partial charge on any atom is 0.229 e. The lowest BCUT2D eigenvalue weighted by atomic mass is 10.1. The number of carbonyl (C=O) groups excluding carboxylic acids is 2. The molecule has 1 aliphatic rings. The molecule has 1 N–H and O–H groups in total. The van der Waals surface area contributed by atoms with E-state index in [1.165, 1.54) is 0 Å². The van der Waals surface area contributed by atoms with E-state index in [0.29, 0.717) is 12.2 Å². The summed E-state index contributed by atoms with van der Waals surface area (Å²) in [6, 6.07) is 11.1. The Bertz CT molecular complexity index is 775. The molecule has 1 aliphatic heterocycles. The van der Waals surface area contributed by atoms with Gasteiger partial charge in [0.15, 0.2) is 0 Å². The first-order chi connectivity index (χ1) is 11.9. The quantitative estimate of drug-likeness (QED) is 0.853. The number of carbonyl (C=O) groups is 2. The van der Waals surface area contributed by atoms with Gasteiger partial charge in [0, 0.05) is 37.2 Å². The molecule has 3 rings (SSSR count). The molecule has 7 heteroatoms. The third kappa shape index (κ3) is 3.99. The van der Waals surface area contributed by atoms with Crippen molar-refractivity contribution in [2.75, 3.05) is 35.8 Å². The SMILES string of the molecule is CN(C)c1ccc(NC(=O)[C@H]2CC(=O)N(c3ccc(Br)cc3)C2)cn1. The Labute approximate surface area is 155 Å². The van der Waals surface area contributed by atoms with Crippen molar-refractivity contribution in [3.63, 3.8) is 0 Å². The van der Waals surface area contributed by atoms with Crippen LogP contribution >= 0.6 is 15.9 Å². The molecule has 25 heavy (non-hydrogen) atoms. The number of anilines is 3. The van der Waals surface area contributed by atoms with Crippen LogP contribution < -0.4 is 15.1 Å². The van der Waals surface area contributed by atoms with E-state index in [9.17, 15) is 9.59 Å². The van der Waals surface area contributed by atoms with Crippen molar-refractivity contribution in [1.29, 1.82) is 0 Å². The van der Waals surface area contributed by atoms with Gasteiger partial charge in [-0.2, -0.15) is 0 Å². The number of nitrogens with zero attached hydrogens (tertiary/aromatic N) is 3. The molecule has 1 saturated heterocycles. The van der Waals surface area contributed by atoms with Gasteiger partial charge < -0.3 is 15.1 Å². The van der Waals surface area contributed by atoms with Crippen LogP contribution in [0.3, 0.4) is 0 Å². The summed E-state index contributed by atoms with van der Waals surface area (Å²) < 4.78 is 0.950. The van der Waals surface area contributed by atoms with Crippen molar-refractivity contribution >= 4 is 44.9 Å². The van der Waals surface area contributed by atoms with Crippen molar-refractivity contribution in [2.24, 2.45) is 5.92 Å². The van der Waals surface area contributed by atoms with Gasteiger partial charge in [-0.25, -0.2) is 4.98 Å². The Morgan fingerprint density at radius 1 is 1.24 bits per heavy atom. The zero-order valence-corrected chi connectivity index (χ0v) is 15.7. The highest BCUT2D eigenvalue weighted by Gasteiger charge is 2.35. The van der Waals surface area contributed by atoms with Gasteiger partial charge in [-0.05, 0) is 36.4 Å². The van der Waals surface area contributed by atoms with E-state index in [0.717, 1.165) is 16.0 Å². The highest BCUT2D eigenvalue weighted by Crippen LogP contribution is 2.27. The molecule has 0 radical (unpaired) electrons. The Kier molecular flexibility index (Phi) is 5.03. The highest BCUT2D eigenvalue weighted by atomic mass is 79.9. The third-order valence-electron chi connectivity index (χ3n) is 4.11. The minimum absolute atomic E-state index is 0.0384. The van der Waals surface area contributed by atoms with Gasteiger partial charge in [0.1, 0.15) is 5.82 Å². The van der Waals surface area contributed by atoms with E-state index in [2.05, 4.69) is 26.2 Å². The summed E-state index contributed by atoms with van der Waals surface area (Å²) in [6.45, 7) is 0.384. The van der Waals surface area contributed by atoms with Gasteiger partial charge in [-0.15, -0.1) is 0 Å². The van der Waals surface area contributed by atoms with Crippen LogP contribution in [0.25, 0.3) is 0 Å². The molecule has 6 nitrogen and oxygen atoms in total. The van der Waals surface area contributed by atoms with Gasteiger partial charge in [-0.1, -0.05) is 15.9 Å². The normalized spacial score (nSPS) is 16.8. The van der Waals surface area contributed by atoms with E-state index in [1.807, 2.05) is 55.4 Å². The van der Waals surface area contributed by atoms with Gasteiger partial charge >= 0.3 is 0 Å². The van der Waals surface area contributed by atoms with Gasteiger partial charge in [0.25, 0.3) is 0 Å². The van der Waals surface area contributed by atoms with Gasteiger partial charge in [0.05, 0.1) is 17.8 Å². The van der Waals surface area contributed by atoms with Crippen LogP contribution in [-0.2, 0) is 9.59 Å². The molecule has 2 amide bonds. The summed E-state index contributed by atoms with van der Waals surface area (Å²) in [5, 5.41) is 2.85. The van der Waals surface area contributed by atoms with E-state index in [-0.39, 0.29) is 24.2 Å². The molecule has 2 aromatic rings. The third-order valence-corrected chi connectivity index (χ3v) is 4.64. The summed E-state index contributed by atoms with van der Waals surface area (Å²) in [5.41, 5.74) is 1.44. The zero-order valence-electron chi connectivity index (χ0n) is 14.1. The number of pyridine rings is 1. The lowest BCUT2D eigenvalue weighted by Crippen LogP contribution is -2.28. The molecule has 0 spiro atoms. The number of aromatic nitrogens is 1. The Hall–Kier alpha value is -2.41. The molecule has 0 aliphatic carbocycles. The second-order valence-electron chi connectivity index (χ2n) is 6.17. The first-order valence-corrected chi connectivity index (χ1v) is 8.73. The molecule has 2 heterocycles. The largest absolute Gasteiger partial charge is 0.363 e. The fourth-order valence-corrected chi connectivity index (χ4v) is 2.99. The van der Waals surface area contributed by atoms with E-state index >= 15 is 0 Å². The van der Waals surface area contributed by atoms with Crippen molar-refractivity contribution in [2.45, 2.75) is 6.42 Å². The van der Waals surface area contributed by atoms with Crippen molar-refractivity contribution in [1.82, 2.24) is 4.98 Å². The maximum absolute atomic E-state index is 12.5. The predicted molar refractivity (Wildman–Crippen MR) is 102 cm³/mol. The second-order valence-corrected chi connectivity index (χ2v) is 7.09. The molecule has 0 bridgehead atoms. The minimum atomic E-state index is -0.371. The minimum Gasteiger partial charge on any atom is -0.363 e. The smallest absolute Gasteiger partial charge is 0.229 e. The average molecular weight is 403 g/mol. The van der Waals surface area contributed by atoms with E-state index in [4.69, 9.17) is 0 Å². The molecule has 130 valence electrons. The van der Waals surface area contributed by atoms with Crippen LogP contribution in [0.5, 0.6) is 0 Å². The summed E-state index contributed by atoms with van der Waals surface area (Å²) >= 11 is 3.38. The fraction of sp³-hybridized carbons (Fsp3) is 0.278. The summed E-state index contributed by atoms with van der Waals surface area (Å²) in [4.78, 5) is 32.6. The summed E-state index contributed by atoms with van der Waals surface area (Å²) in [7, 11) is 3.81. The van der Waals surface area contributed by atoms with Crippen LogP contribution in [0, 0.1) is 5.92 Å². The average Bonchev–Trinajstić information content (AvgIpc) is 2.98. The number of amides is 2. The maximum atomic E-state index is 12.5. The van der Waals surface area contributed by atoms with Crippen LogP contribution in [-0.4, -0.2) is 37.4 Å². The van der Waals surface area contributed by atoms with Crippen LogP contribution in [0.4, 0.5) is 17.2 Å². The Morgan fingerprint density at radius 2 is 1.96 bits per heavy atom. The van der Waals surface area contributed by atoms with Crippen molar-refractivity contribution in [3.05, 3.63) is 47.1 Å². The van der Waals surface area contributed by atoms with Crippen molar-refractivity contribution in [3.8, 4) is 0 Å². The first kappa shape index (κ1) is 17.4. The predicted octanol–water partition coefficient (Wildman–Crippen LogP) is 2.90. The molecule has 0 unspecified atom stereocenters. The molecule has 1 atom stereocenters. The number of hydrogen-bond donors (Lipinski definition) is 1. The van der Waals surface area contributed by atoms with Crippen LogP contribution in [0.2, 0.25) is 0 Å². The standard InChI is InChI=1S/C18H19BrN4O2/c1-22(2)16-8-5-14(10-20-16)21-18(25)12-9-17(24)23(11-12)15-6-3-13(19)4-7-15/h3-8,10,12H,9,11H2,1-2H3,(H,21,25)/t12-/m0/s1. The lowest BCUT2D eigenvalue weighted by Gasteiger charge is -2.17. The Balaban J connectivity index is 1.65. The van der Waals surface area contributed by atoms with Crippen LogP contribution in [0.1, 0.15) is 6.42 Å². The van der Waals surface area contributed by atoms with Gasteiger partial charge in [-0.3, -0.25) is 9.59 Å². The fourth-order valence-electron chi connectivity index (χ4n) is 2.72. The van der Waals surface area contributed by atoms with Crippen molar-refractivity contribution < 1.29 is 9.59 Å². The zero-order chi connectivity index (χ0) is 18.0. The number of hydrogen-bond acceptors (Lipinski definition) is 4. The molecular formula is C18H19BrN4O2. The summed E-state index contributed by atoms with van der Waals surface area (Å²) in [5.74, 6) is 0.246. The van der Waals surface area contributed by atoms with E-state index in [1.54, 1.807) is 11.1 Å². The number of nitrogens with one attached hydrogen (secondary N) is 1. The molecular weight excluding hydrogens is 384 g/mol. The van der Waals surface area contributed by atoms with E-state index < -0.39 is 0 Å². The highest BCUT2D eigenvalue weighted by molar-refractivity contribution is 9.10. The Morgan fingerprint density at radius 3 is 2.56 bits per heavy atom.